The standard InChI is InChI=1S/C24H33N5O3/c1-5-18(15-6-8-25-9-7-15)28-21(30)13-29-23(32)22(31)20(12-26-29)27-19-11-16-10-17(14(19)2)24(16,3)4/h6-9,12,14,16-19,27,31H,5,10-11,13H2,1-4H3,(H,28,30)/t14-,16+,17-,18?,19?/m1/s1. The smallest absolute Gasteiger partial charge is 0.311 e. The first-order valence-corrected chi connectivity index (χ1v) is 11.5. The van der Waals surface area contributed by atoms with Crippen LogP contribution in [0.5, 0.6) is 5.75 Å². The molecule has 2 aromatic rings. The lowest BCUT2D eigenvalue weighted by Crippen LogP contribution is -2.58. The van der Waals surface area contributed by atoms with Gasteiger partial charge in [0.1, 0.15) is 12.2 Å². The van der Waals surface area contributed by atoms with Gasteiger partial charge in [0.15, 0.2) is 0 Å². The van der Waals surface area contributed by atoms with Crippen molar-refractivity contribution in [2.45, 2.75) is 65.6 Å². The van der Waals surface area contributed by atoms with E-state index in [4.69, 9.17) is 0 Å². The highest BCUT2D eigenvalue weighted by molar-refractivity contribution is 5.76. The van der Waals surface area contributed by atoms with Crippen molar-refractivity contribution in [2.75, 3.05) is 5.32 Å². The lowest BCUT2D eigenvalue weighted by molar-refractivity contribution is -0.122. The van der Waals surface area contributed by atoms with E-state index in [0.29, 0.717) is 35.3 Å². The maximum absolute atomic E-state index is 12.7. The molecule has 5 rings (SSSR count). The van der Waals surface area contributed by atoms with Crippen LogP contribution in [0.1, 0.15) is 58.6 Å². The number of nitrogens with zero attached hydrogens (tertiary/aromatic N) is 3. The van der Waals surface area contributed by atoms with E-state index in [0.717, 1.165) is 16.7 Å². The van der Waals surface area contributed by atoms with Crippen molar-refractivity contribution in [3.05, 3.63) is 46.6 Å². The fourth-order valence-corrected chi connectivity index (χ4v) is 5.63. The van der Waals surface area contributed by atoms with E-state index in [9.17, 15) is 14.7 Å². The Bertz CT molecular complexity index is 1040. The summed E-state index contributed by atoms with van der Waals surface area (Å²) in [6, 6.07) is 3.72. The van der Waals surface area contributed by atoms with Gasteiger partial charge in [-0.15, -0.1) is 0 Å². The van der Waals surface area contributed by atoms with Crippen LogP contribution in [0.15, 0.2) is 35.5 Å². The summed E-state index contributed by atoms with van der Waals surface area (Å²) in [7, 11) is 0. The lowest BCUT2D eigenvalue weighted by atomic mass is 9.45. The van der Waals surface area contributed by atoms with Crippen LogP contribution in [-0.2, 0) is 11.3 Å². The Balaban J connectivity index is 1.42. The minimum absolute atomic E-state index is 0.181. The van der Waals surface area contributed by atoms with Gasteiger partial charge in [-0.2, -0.15) is 5.10 Å². The number of hydrogen-bond donors (Lipinski definition) is 3. The van der Waals surface area contributed by atoms with E-state index in [1.165, 1.54) is 12.6 Å². The number of hydrogen-bond acceptors (Lipinski definition) is 6. The molecule has 3 fully saturated rings. The molecule has 2 bridgehead atoms. The van der Waals surface area contributed by atoms with E-state index in [1.807, 2.05) is 19.1 Å². The average Bonchev–Trinajstić information content (AvgIpc) is 2.78. The molecule has 3 aliphatic carbocycles. The molecule has 0 saturated heterocycles. The first-order valence-electron chi connectivity index (χ1n) is 11.5. The Morgan fingerprint density at radius 2 is 2.03 bits per heavy atom. The Labute approximate surface area is 188 Å². The summed E-state index contributed by atoms with van der Waals surface area (Å²) in [5.74, 6) is 1.02. The minimum Gasteiger partial charge on any atom is -0.502 e. The predicted octanol–water partition coefficient (Wildman–Crippen LogP) is 3.09. The van der Waals surface area contributed by atoms with Gasteiger partial charge < -0.3 is 15.7 Å². The lowest BCUT2D eigenvalue weighted by Gasteiger charge is -2.62. The van der Waals surface area contributed by atoms with Gasteiger partial charge in [-0.05, 0) is 60.1 Å². The minimum atomic E-state index is -0.670. The molecule has 5 atom stereocenters. The Kier molecular flexibility index (Phi) is 5.97. The third-order valence-electron chi connectivity index (χ3n) is 7.86. The van der Waals surface area contributed by atoms with Crippen molar-refractivity contribution in [1.82, 2.24) is 20.1 Å². The molecule has 3 N–H and O–H groups in total. The van der Waals surface area contributed by atoms with Gasteiger partial charge in [-0.25, -0.2) is 4.68 Å². The van der Waals surface area contributed by atoms with Crippen molar-refractivity contribution in [2.24, 2.45) is 23.2 Å². The second kappa shape index (κ2) is 8.56. The SMILES string of the molecule is CCC(NC(=O)Cn1ncc(NC2C[C@@H]3C[C@H]([C@H]2C)C3(C)C)c(O)c1=O)c1ccncc1. The van der Waals surface area contributed by atoms with Gasteiger partial charge in [0.25, 0.3) is 0 Å². The highest BCUT2D eigenvalue weighted by atomic mass is 16.3. The van der Waals surface area contributed by atoms with Crippen molar-refractivity contribution in [3.63, 3.8) is 0 Å². The van der Waals surface area contributed by atoms with Crippen molar-refractivity contribution >= 4 is 11.6 Å². The number of amides is 1. The third kappa shape index (κ3) is 3.98. The highest BCUT2D eigenvalue weighted by Gasteiger charge is 2.56. The van der Waals surface area contributed by atoms with Crippen LogP contribution in [0.4, 0.5) is 5.69 Å². The molecular formula is C24H33N5O3. The van der Waals surface area contributed by atoms with Crippen LogP contribution < -0.4 is 16.2 Å². The summed E-state index contributed by atoms with van der Waals surface area (Å²) in [6.45, 7) is 8.62. The number of pyridine rings is 1. The second-order valence-electron chi connectivity index (χ2n) is 9.88. The van der Waals surface area contributed by atoms with Gasteiger partial charge in [0, 0.05) is 18.4 Å². The van der Waals surface area contributed by atoms with Crippen molar-refractivity contribution < 1.29 is 9.90 Å². The average molecular weight is 440 g/mol. The number of anilines is 1. The second-order valence-corrected chi connectivity index (χ2v) is 9.88. The zero-order valence-corrected chi connectivity index (χ0v) is 19.2. The summed E-state index contributed by atoms with van der Waals surface area (Å²) in [5, 5.41) is 20.9. The highest BCUT2D eigenvalue weighted by Crippen LogP contribution is 2.61. The van der Waals surface area contributed by atoms with Gasteiger partial charge in [-0.1, -0.05) is 27.7 Å². The maximum Gasteiger partial charge on any atom is 0.311 e. The fourth-order valence-electron chi connectivity index (χ4n) is 5.63. The third-order valence-corrected chi connectivity index (χ3v) is 7.86. The number of aromatic hydroxyl groups is 1. The Hall–Kier alpha value is -2.90. The molecule has 3 aliphatic rings. The fraction of sp³-hybridized carbons (Fsp3) is 0.583. The molecule has 0 radical (unpaired) electrons. The van der Waals surface area contributed by atoms with Crippen LogP contribution in [0.3, 0.4) is 0 Å². The number of carbonyl (C=O) groups excluding carboxylic acids is 1. The Morgan fingerprint density at radius 1 is 1.31 bits per heavy atom. The molecule has 0 aromatic carbocycles. The normalized spacial score (nSPS) is 26.6. The number of aromatic nitrogens is 3. The van der Waals surface area contributed by atoms with Crippen molar-refractivity contribution in [3.8, 4) is 5.75 Å². The first-order chi connectivity index (χ1) is 15.2. The summed E-state index contributed by atoms with van der Waals surface area (Å²) in [6.07, 6.45) is 7.77. The molecular weight excluding hydrogens is 406 g/mol. The zero-order valence-electron chi connectivity index (χ0n) is 19.2. The van der Waals surface area contributed by atoms with Gasteiger partial charge in [0.2, 0.25) is 11.7 Å². The maximum atomic E-state index is 12.7. The summed E-state index contributed by atoms with van der Waals surface area (Å²) in [5.41, 5.74) is 0.977. The topological polar surface area (TPSA) is 109 Å². The Morgan fingerprint density at radius 3 is 2.66 bits per heavy atom. The molecule has 172 valence electrons. The van der Waals surface area contributed by atoms with Crippen LogP contribution in [0, 0.1) is 23.2 Å². The summed E-state index contributed by atoms with van der Waals surface area (Å²) < 4.78 is 1.000. The molecule has 32 heavy (non-hydrogen) atoms. The van der Waals surface area contributed by atoms with Crippen LogP contribution in [0.2, 0.25) is 0 Å². The number of fused-ring (bicyclic) bond motifs is 2. The molecule has 1 amide bonds. The van der Waals surface area contributed by atoms with Gasteiger partial charge in [0.05, 0.1) is 12.2 Å². The summed E-state index contributed by atoms with van der Waals surface area (Å²) in [4.78, 5) is 29.2. The van der Waals surface area contributed by atoms with Gasteiger partial charge >= 0.3 is 5.56 Å². The van der Waals surface area contributed by atoms with E-state index in [2.05, 4.69) is 41.5 Å². The molecule has 8 heteroatoms. The van der Waals surface area contributed by atoms with Crippen LogP contribution in [0.25, 0.3) is 0 Å². The predicted molar refractivity (Wildman–Crippen MR) is 122 cm³/mol. The molecule has 2 heterocycles. The van der Waals surface area contributed by atoms with E-state index >= 15 is 0 Å². The van der Waals surface area contributed by atoms with Gasteiger partial charge in [-0.3, -0.25) is 14.6 Å². The molecule has 2 aromatic heterocycles. The largest absolute Gasteiger partial charge is 0.502 e. The molecule has 0 aliphatic heterocycles. The number of rotatable bonds is 7. The molecule has 8 nitrogen and oxygen atoms in total. The zero-order chi connectivity index (χ0) is 23.0. The molecule has 2 unspecified atom stereocenters. The molecule has 3 saturated carbocycles. The van der Waals surface area contributed by atoms with E-state index in [1.54, 1.807) is 12.4 Å². The van der Waals surface area contributed by atoms with E-state index in [-0.39, 0.29) is 30.3 Å². The van der Waals surface area contributed by atoms with Crippen molar-refractivity contribution in [1.29, 1.82) is 0 Å². The van der Waals surface area contributed by atoms with E-state index < -0.39 is 5.56 Å². The first kappa shape index (κ1) is 22.3. The summed E-state index contributed by atoms with van der Waals surface area (Å²) >= 11 is 0. The number of carbonyl (C=O) groups is 1. The van der Waals surface area contributed by atoms with Crippen LogP contribution in [-0.4, -0.2) is 31.8 Å². The monoisotopic (exact) mass is 439 g/mol. The van der Waals surface area contributed by atoms with Crippen LogP contribution >= 0.6 is 0 Å². The quantitative estimate of drug-likeness (QED) is 0.612. The number of nitrogens with one attached hydrogen (secondary N) is 2. The molecule has 0 spiro atoms.